The Morgan fingerprint density at radius 2 is 2.00 bits per heavy atom. The Morgan fingerprint density at radius 3 is 2.62 bits per heavy atom. The molecule has 1 fully saturated rings. The smallest absolute Gasteiger partial charge is 0.215 e. The lowest BCUT2D eigenvalue weighted by Gasteiger charge is -2.26. The van der Waals surface area contributed by atoms with E-state index in [4.69, 9.17) is 0 Å². The fourth-order valence-corrected chi connectivity index (χ4v) is 5.49. The van der Waals surface area contributed by atoms with Crippen LogP contribution in [-0.2, 0) is 16.6 Å². The fraction of sp³-hybridized carbons (Fsp3) is 0.562. The van der Waals surface area contributed by atoms with Crippen molar-refractivity contribution < 1.29 is 8.42 Å². The molecule has 1 N–H and O–H groups in total. The monoisotopic (exact) mass is 576 g/mol. The molecule has 0 aromatic heterocycles. The maximum atomic E-state index is 12.4. The lowest BCUT2D eigenvalue weighted by molar-refractivity contribution is 0.442. The van der Waals surface area contributed by atoms with Crippen LogP contribution in [0.4, 0.5) is 0 Å². The van der Waals surface area contributed by atoms with Gasteiger partial charge < -0.3 is 10.2 Å². The van der Waals surface area contributed by atoms with E-state index in [1.54, 1.807) is 23.1 Å². The van der Waals surface area contributed by atoms with Crippen LogP contribution in [0.2, 0.25) is 0 Å². The molecule has 0 unspecified atom stereocenters. The number of hydrogen-bond donors (Lipinski definition) is 1. The lowest BCUT2D eigenvalue weighted by atomic mass is 10.2. The van der Waals surface area contributed by atoms with E-state index in [1.807, 2.05) is 36.2 Å². The molecule has 0 saturated carbocycles. The molecule has 1 aromatic carbocycles. The van der Waals surface area contributed by atoms with E-state index in [9.17, 15) is 8.42 Å². The van der Waals surface area contributed by atoms with E-state index in [0.717, 1.165) is 21.5 Å². The fourth-order valence-electron chi connectivity index (χ4n) is 2.59. The van der Waals surface area contributed by atoms with E-state index in [2.05, 4.69) is 26.2 Å². The molecule has 10 heteroatoms. The molecule has 1 heterocycles. The molecule has 0 amide bonds. The van der Waals surface area contributed by atoms with Crippen molar-refractivity contribution in [1.82, 2.24) is 14.5 Å². The van der Waals surface area contributed by atoms with Crippen LogP contribution in [-0.4, -0.2) is 74.6 Å². The molecule has 0 aliphatic carbocycles. The zero-order valence-corrected chi connectivity index (χ0v) is 20.6. The van der Waals surface area contributed by atoms with Gasteiger partial charge in [-0.2, -0.15) is 11.8 Å². The molecule has 1 aliphatic rings. The minimum Gasteiger partial charge on any atom is -0.355 e. The van der Waals surface area contributed by atoms with Crippen LogP contribution in [0, 0.1) is 0 Å². The van der Waals surface area contributed by atoms with E-state index < -0.39 is 10.0 Å². The topological polar surface area (TPSA) is 65.0 Å². The summed E-state index contributed by atoms with van der Waals surface area (Å²) in [6.45, 7) is 2.25. The van der Waals surface area contributed by atoms with Gasteiger partial charge in [-0.3, -0.25) is 4.99 Å². The zero-order chi connectivity index (χ0) is 18.3. The molecular weight excluding hydrogens is 551 g/mol. The number of aliphatic imine (C=N–C) groups is 1. The highest BCUT2D eigenvalue weighted by molar-refractivity contribution is 14.0. The van der Waals surface area contributed by atoms with Crippen molar-refractivity contribution in [1.29, 1.82) is 0 Å². The van der Waals surface area contributed by atoms with Gasteiger partial charge in [0.15, 0.2) is 5.96 Å². The highest BCUT2D eigenvalue weighted by Crippen LogP contribution is 2.17. The third-order valence-electron chi connectivity index (χ3n) is 3.95. The number of thioether (sulfide) groups is 1. The summed E-state index contributed by atoms with van der Waals surface area (Å²) in [5.41, 5.74) is 1.14. The second kappa shape index (κ2) is 11.7. The minimum atomic E-state index is -3.20. The van der Waals surface area contributed by atoms with Gasteiger partial charge in [0.2, 0.25) is 10.0 Å². The third kappa shape index (κ3) is 7.17. The van der Waals surface area contributed by atoms with E-state index in [-0.39, 0.29) is 29.7 Å². The van der Waals surface area contributed by atoms with Gasteiger partial charge in [0.05, 0.1) is 5.75 Å². The first kappa shape index (κ1) is 24.0. The SMILES string of the molecule is CN=C(NCCS(=O)(=O)N1CCSCC1)N(C)Cc1ccccc1Br.I. The Balaban J connectivity index is 0.00000338. The highest BCUT2D eigenvalue weighted by Gasteiger charge is 2.23. The number of hydrogen-bond acceptors (Lipinski definition) is 4. The maximum absolute atomic E-state index is 12.4. The van der Waals surface area contributed by atoms with Crippen molar-refractivity contribution in [2.24, 2.45) is 4.99 Å². The summed E-state index contributed by atoms with van der Waals surface area (Å²) in [6, 6.07) is 8.02. The molecule has 1 aromatic rings. The van der Waals surface area contributed by atoms with E-state index in [0.29, 0.717) is 32.1 Å². The average molecular weight is 577 g/mol. The standard InChI is InChI=1S/C16H25BrN4O2S2.HI/c1-18-16(20(2)13-14-5-3-4-6-15(14)17)19-7-12-25(22,23)21-8-10-24-11-9-21;/h3-6H,7-13H2,1-2H3,(H,18,19);1H. The van der Waals surface area contributed by atoms with Crippen LogP contribution in [0.3, 0.4) is 0 Å². The first-order chi connectivity index (χ1) is 11.9. The second-order valence-corrected chi connectivity index (χ2v) is 9.92. The van der Waals surface area contributed by atoms with Gasteiger partial charge in [-0.15, -0.1) is 24.0 Å². The Morgan fingerprint density at radius 1 is 1.35 bits per heavy atom. The Labute approximate surface area is 186 Å². The molecule has 0 radical (unpaired) electrons. The van der Waals surface area contributed by atoms with Gasteiger partial charge in [-0.25, -0.2) is 12.7 Å². The van der Waals surface area contributed by atoms with Crippen molar-refractivity contribution in [2.75, 3.05) is 51.0 Å². The number of benzene rings is 1. The van der Waals surface area contributed by atoms with Gasteiger partial charge in [-0.05, 0) is 11.6 Å². The summed E-state index contributed by atoms with van der Waals surface area (Å²) < 4.78 is 27.4. The average Bonchev–Trinajstić information content (AvgIpc) is 2.61. The molecule has 1 saturated heterocycles. The van der Waals surface area contributed by atoms with Crippen LogP contribution >= 0.6 is 51.7 Å². The molecule has 6 nitrogen and oxygen atoms in total. The van der Waals surface area contributed by atoms with Crippen LogP contribution in [0.1, 0.15) is 5.56 Å². The number of guanidine groups is 1. The molecule has 148 valence electrons. The van der Waals surface area contributed by atoms with Crippen molar-refractivity contribution in [3.63, 3.8) is 0 Å². The maximum Gasteiger partial charge on any atom is 0.215 e. The van der Waals surface area contributed by atoms with Gasteiger partial charge in [0.25, 0.3) is 0 Å². The quantitative estimate of drug-likeness (QED) is 0.320. The number of sulfonamides is 1. The van der Waals surface area contributed by atoms with Gasteiger partial charge in [0.1, 0.15) is 0 Å². The molecule has 0 bridgehead atoms. The predicted octanol–water partition coefficient (Wildman–Crippen LogP) is 2.45. The lowest BCUT2D eigenvalue weighted by Crippen LogP contribution is -2.44. The third-order valence-corrected chi connectivity index (χ3v) is 7.53. The van der Waals surface area contributed by atoms with Crippen molar-refractivity contribution >= 4 is 67.7 Å². The summed E-state index contributed by atoms with van der Waals surface area (Å²) in [5.74, 6) is 2.52. The van der Waals surface area contributed by atoms with Gasteiger partial charge in [-0.1, -0.05) is 34.1 Å². The van der Waals surface area contributed by atoms with Crippen LogP contribution < -0.4 is 5.32 Å². The molecule has 0 spiro atoms. The zero-order valence-electron chi connectivity index (χ0n) is 15.0. The van der Waals surface area contributed by atoms with Crippen LogP contribution in [0.25, 0.3) is 0 Å². The molecule has 2 rings (SSSR count). The summed E-state index contributed by atoms with van der Waals surface area (Å²) in [6.07, 6.45) is 0. The van der Waals surface area contributed by atoms with Crippen molar-refractivity contribution in [3.05, 3.63) is 34.3 Å². The minimum absolute atomic E-state index is 0. The second-order valence-electron chi connectivity index (χ2n) is 5.75. The Bertz CT molecular complexity index is 697. The Kier molecular flexibility index (Phi) is 10.8. The van der Waals surface area contributed by atoms with Gasteiger partial charge in [0, 0.05) is 56.3 Å². The first-order valence-electron chi connectivity index (χ1n) is 8.15. The summed E-state index contributed by atoms with van der Waals surface area (Å²) in [4.78, 5) is 6.23. The van der Waals surface area contributed by atoms with Crippen LogP contribution in [0.5, 0.6) is 0 Å². The molecule has 0 atom stereocenters. The predicted molar refractivity (Wildman–Crippen MR) is 125 cm³/mol. The summed E-state index contributed by atoms with van der Waals surface area (Å²) in [7, 11) is 0.437. The summed E-state index contributed by atoms with van der Waals surface area (Å²) >= 11 is 5.35. The number of nitrogens with one attached hydrogen (secondary N) is 1. The van der Waals surface area contributed by atoms with E-state index in [1.165, 1.54) is 0 Å². The Hall–Kier alpha value is -0.0400. The van der Waals surface area contributed by atoms with Crippen molar-refractivity contribution in [2.45, 2.75) is 6.54 Å². The number of nitrogens with zero attached hydrogens (tertiary/aromatic N) is 3. The van der Waals surface area contributed by atoms with Gasteiger partial charge >= 0.3 is 0 Å². The number of rotatable bonds is 6. The molecule has 26 heavy (non-hydrogen) atoms. The normalized spacial score (nSPS) is 16.0. The first-order valence-corrected chi connectivity index (χ1v) is 11.7. The van der Waals surface area contributed by atoms with Crippen LogP contribution in [0.15, 0.2) is 33.7 Å². The number of halogens is 2. The van der Waals surface area contributed by atoms with E-state index >= 15 is 0 Å². The largest absolute Gasteiger partial charge is 0.355 e. The molecular formula is C16H26BrIN4O2S2. The summed E-state index contributed by atoms with van der Waals surface area (Å²) in [5, 5.41) is 3.15. The van der Waals surface area contributed by atoms with Crippen molar-refractivity contribution in [3.8, 4) is 0 Å². The highest BCUT2D eigenvalue weighted by atomic mass is 127. The molecule has 1 aliphatic heterocycles.